The molecule has 1 aromatic rings. The van der Waals surface area contributed by atoms with Crippen LogP contribution in [0.4, 0.5) is 0 Å². The minimum atomic E-state index is -0.688. The topological polar surface area (TPSA) is 104 Å². The number of rotatable bonds is 3. The Morgan fingerprint density at radius 1 is 1.06 bits per heavy atom. The van der Waals surface area contributed by atoms with Crippen molar-refractivity contribution in [1.82, 2.24) is 0 Å². The minimum absolute atomic E-state index is 0.0153. The number of aliphatic hydroxyl groups is 1. The van der Waals surface area contributed by atoms with Gasteiger partial charge in [-0.25, -0.2) is 4.79 Å². The number of esters is 1. The van der Waals surface area contributed by atoms with Gasteiger partial charge in [0.2, 0.25) is 5.78 Å². The third kappa shape index (κ3) is 3.67. The molecular formula is C27H30O6. The number of ketones is 1. The molecule has 0 aliphatic heterocycles. The fourth-order valence-corrected chi connectivity index (χ4v) is 5.67. The summed E-state index contributed by atoms with van der Waals surface area (Å²) in [5.41, 5.74) is 2.16. The van der Waals surface area contributed by atoms with E-state index in [9.17, 15) is 24.9 Å². The van der Waals surface area contributed by atoms with Crippen LogP contribution in [0, 0.1) is 16.7 Å². The second kappa shape index (κ2) is 7.65. The Balaban J connectivity index is 1.71. The number of Topliss-reactive ketones (excluding diaryl/α,β-unsaturated/α-hetero) is 1. The lowest BCUT2D eigenvalue weighted by molar-refractivity contribution is -0.115. The Morgan fingerprint density at radius 2 is 1.76 bits per heavy atom. The lowest BCUT2D eigenvalue weighted by Crippen LogP contribution is -2.46. The van der Waals surface area contributed by atoms with E-state index < -0.39 is 23.2 Å². The molecule has 1 saturated carbocycles. The number of hydrogen-bond acceptors (Lipinski definition) is 6. The van der Waals surface area contributed by atoms with Gasteiger partial charge in [-0.05, 0) is 54.0 Å². The van der Waals surface area contributed by atoms with Crippen LogP contribution >= 0.6 is 0 Å². The van der Waals surface area contributed by atoms with Gasteiger partial charge in [-0.15, -0.1) is 0 Å². The van der Waals surface area contributed by atoms with E-state index in [1.54, 1.807) is 0 Å². The van der Waals surface area contributed by atoms with Gasteiger partial charge in [0.15, 0.2) is 17.3 Å². The number of aliphatic hydroxyl groups excluding tert-OH is 1. The molecule has 3 N–H and O–H groups in total. The summed E-state index contributed by atoms with van der Waals surface area (Å²) in [5.74, 6) is -1.90. The van der Waals surface area contributed by atoms with Gasteiger partial charge < -0.3 is 20.1 Å². The van der Waals surface area contributed by atoms with Crippen molar-refractivity contribution in [2.75, 3.05) is 0 Å². The van der Waals surface area contributed by atoms with Crippen LogP contribution in [0.15, 0.2) is 64.5 Å². The number of benzene rings is 1. The number of aromatic hydroxyl groups is 2. The SMILES string of the molecule is CC(C)C1=CC2=CC=C3C(C)(C)CC(OC(=O)c4ccc(O)c(O)c4)C[C@]3(C)C2=C(O)C1=O. The Morgan fingerprint density at radius 3 is 2.39 bits per heavy atom. The molecule has 6 nitrogen and oxygen atoms in total. The van der Waals surface area contributed by atoms with Crippen molar-refractivity contribution < 1.29 is 29.6 Å². The highest BCUT2D eigenvalue weighted by Gasteiger charge is 2.52. The first-order valence-corrected chi connectivity index (χ1v) is 11.2. The zero-order chi connectivity index (χ0) is 24.3. The minimum Gasteiger partial charge on any atom is -0.504 e. The van der Waals surface area contributed by atoms with Crippen molar-refractivity contribution in [3.05, 3.63) is 70.0 Å². The van der Waals surface area contributed by atoms with E-state index in [2.05, 4.69) is 19.9 Å². The summed E-state index contributed by atoms with van der Waals surface area (Å²) >= 11 is 0. The van der Waals surface area contributed by atoms with Crippen LogP contribution < -0.4 is 0 Å². The third-order valence-corrected chi connectivity index (χ3v) is 7.10. The molecule has 3 aliphatic rings. The maximum absolute atomic E-state index is 13.0. The second-order valence-electron chi connectivity index (χ2n) is 10.4. The maximum atomic E-state index is 13.0. The summed E-state index contributed by atoms with van der Waals surface area (Å²) in [6.45, 7) is 9.98. The average Bonchev–Trinajstić information content (AvgIpc) is 2.70. The fourth-order valence-electron chi connectivity index (χ4n) is 5.67. The number of ether oxygens (including phenoxy) is 1. The van der Waals surface area contributed by atoms with Crippen LogP contribution in [0.25, 0.3) is 0 Å². The van der Waals surface area contributed by atoms with Crippen LogP contribution in [-0.2, 0) is 9.53 Å². The molecule has 174 valence electrons. The molecule has 0 saturated heterocycles. The van der Waals surface area contributed by atoms with Crippen molar-refractivity contribution in [2.24, 2.45) is 16.7 Å². The van der Waals surface area contributed by atoms with Crippen LogP contribution in [0.3, 0.4) is 0 Å². The number of hydrogen-bond donors (Lipinski definition) is 3. The largest absolute Gasteiger partial charge is 0.504 e. The first kappa shape index (κ1) is 22.9. The second-order valence-corrected chi connectivity index (χ2v) is 10.4. The summed E-state index contributed by atoms with van der Waals surface area (Å²) < 4.78 is 5.84. The van der Waals surface area contributed by atoms with Gasteiger partial charge in [0.1, 0.15) is 6.10 Å². The van der Waals surface area contributed by atoms with Crippen LogP contribution in [0.2, 0.25) is 0 Å². The number of allylic oxidation sites excluding steroid dienone is 7. The summed E-state index contributed by atoms with van der Waals surface area (Å²) in [5, 5.41) is 30.3. The molecule has 1 unspecified atom stereocenters. The number of phenolic OH excluding ortho intramolecular Hbond substituents is 2. The molecule has 3 aliphatic carbocycles. The van der Waals surface area contributed by atoms with E-state index >= 15 is 0 Å². The molecule has 1 fully saturated rings. The maximum Gasteiger partial charge on any atom is 0.338 e. The molecular weight excluding hydrogens is 420 g/mol. The Hall–Kier alpha value is -3.28. The van der Waals surface area contributed by atoms with Crippen molar-refractivity contribution in [1.29, 1.82) is 0 Å². The fraction of sp³-hybridized carbons (Fsp3) is 0.407. The number of carbonyl (C=O) groups excluding carboxylic acids is 2. The van der Waals surface area contributed by atoms with Crippen LogP contribution in [-0.4, -0.2) is 33.2 Å². The molecule has 4 rings (SSSR count). The van der Waals surface area contributed by atoms with Gasteiger partial charge >= 0.3 is 5.97 Å². The van der Waals surface area contributed by atoms with Crippen molar-refractivity contribution in [2.45, 2.75) is 53.6 Å². The molecule has 0 amide bonds. The summed E-state index contributed by atoms with van der Waals surface area (Å²) in [6, 6.07) is 3.81. The van der Waals surface area contributed by atoms with Gasteiger partial charge in [0, 0.05) is 16.6 Å². The first-order chi connectivity index (χ1) is 15.3. The van der Waals surface area contributed by atoms with Crippen molar-refractivity contribution in [3.8, 4) is 11.5 Å². The predicted molar refractivity (Wildman–Crippen MR) is 124 cm³/mol. The molecule has 2 atom stereocenters. The Kier molecular flexibility index (Phi) is 5.31. The van der Waals surface area contributed by atoms with E-state index in [1.807, 2.05) is 32.9 Å². The predicted octanol–water partition coefficient (Wildman–Crippen LogP) is 5.29. The molecule has 33 heavy (non-hydrogen) atoms. The van der Waals surface area contributed by atoms with Crippen molar-refractivity contribution in [3.63, 3.8) is 0 Å². The molecule has 1 aromatic carbocycles. The van der Waals surface area contributed by atoms with Gasteiger partial charge in [0.25, 0.3) is 0 Å². The van der Waals surface area contributed by atoms with Gasteiger partial charge in [0.05, 0.1) is 5.56 Å². The molecule has 0 bridgehead atoms. The zero-order valence-electron chi connectivity index (χ0n) is 19.6. The summed E-state index contributed by atoms with van der Waals surface area (Å²) in [4.78, 5) is 25.8. The quantitative estimate of drug-likeness (QED) is 0.427. The van der Waals surface area contributed by atoms with E-state index in [4.69, 9.17) is 4.74 Å². The summed E-state index contributed by atoms with van der Waals surface area (Å²) in [6.07, 6.45) is 6.41. The normalized spacial score (nSPS) is 26.2. The lowest BCUT2D eigenvalue weighted by atomic mass is 9.53. The number of carbonyl (C=O) groups is 2. The standard InChI is InChI=1S/C27H30O6/c1-14(2)18-10-15-7-9-21-26(3,4)12-17(13-27(21,5)22(15)24(31)23(18)30)33-25(32)16-6-8-19(28)20(29)11-16/h6-11,14,17,28-29,31H,12-13H2,1-5H3/t17?,27-/m0/s1. The number of phenols is 2. The van der Waals surface area contributed by atoms with Gasteiger partial charge in [-0.3, -0.25) is 4.79 Å². The first-order valence-electron chi connectivity index (χ1n) is 11.2. The Labute approximate surface area is 193 Å². The van der Waals surface area contributed by atoms with Gasteiger partial charge in [-0.1, -0.05) is 52.3 Å². The van der Waals surface area contributed by atoms with E-state index in [-0.39, 0.29) is 34.2 Å². The van der Waals surface area contributed by atoms with Crippen molar-refractivity contribution >= 4 is 11.8 Å². The van der Waals surface area contributed by atoms with Crippen LogP contribution in [0.5, 0.6) is 11.5 Å². The third-order valence-electron chi connectivity index (χ3n) is 7.10. The Bertz CT molecular complexity index is 1180. The molecule has 0 aromatic heterocycles. The van der Waals surface area contributed by atoms with E-state index in [1.165, 1.54) is 18.2 Å². The highest BCUT2D eigenvalue weighted by Crippen LogP contribution is 2.59. The molecule has 0 heterocycles. The van der Waals surface area contributed by atoms with E-state index in [0.717, 1.165) is 11.1 Å². The monoisotopic (exact) mass is 450 g/mol. The number of fused-ring (bicyclic) bond motifs is 3. The highest BCUT2D eigenvalue weighted by atomic mass is 16.5. The summed E-state index contributed by atoms with van der Waals surface area (Å²) in [7, 11) is 0. The smallest absolute Gasteiger partial charge is 0.338 e. The highest BCUT2D eigenvalue weighted by molar-refractivity contribution is 6.10. The molecule has 0 radical (unpaired) electrons. The van der Waals surface area contributed by atoms with E-state index in [0.29, 0.717) is 24.0 Å². The van der Waals surface area contributed by atoms with Gasteiger partial charge in [-0.2, -0.15) is 0 Å². The zero-order valence-corrected chi connectivity index (χ0v) is 19.6. The average molecular weight is 451 g/mol. The van der Waals surface area contributed by atoms with Crippen LogP contribution in [0.1, 0.15) is 57.8 Å². The lowest BCUT2D eigenvalue weighted by Gasteiger charge is -2.52. The molecule has 6 heteroatoms. The molecule has 0 spiro atoms.